The van der Waals surface area contributed by atoms with Crippen LogP contribution < -0.4 is 16.0 Å². The van der Waals surface area contributed by atoms with Crippen molar-refractivity contribution < 1.29 is 23.9 Å². The van der Waals surface area contributed by atoms with Gasteiger partial charge in [0.05, 0.1) is 7.11 Å². The lowest BCUT2D eigenvalue weighted by atomic mass is 10.1. The number of ether oxygens (including phenoxy) is 1. The molecular formula is C14H23N3O5. The second-order valence-electron chi connectivity index (χ2n) is 5.22. The molecule has 2 atom stereocenters. The number of nitrogens with one attached hydrogen (secondary N) is 3. The zero-order valence-electron chi connectivity index (χ0n) is 12.9. The number of amides is 3. The van der Waals surface area contributed by atoms with Crippen LogP contribution in [-0.2, 0) is 23.9 Å². The highest BCUT2D eigenvalue weighted by molar-refractivity contribution is 5.90. The molecule has 0 unspecified atom stereocenters. The lowest BCUT2D eigenvalue weighted by Crippen LogP contribution is -2.52. The van der Waals surface area contributed by atoms with Crippen molar-refractivity contribution in [1.82, 2.24) is 16.0 Å². The molecule has 1 rings (SSSR count). The minimum atomic E-state index is -0.852. The molecule has 0 aromatic carbocycles. The van der Waals surface area contributed by atoms with Crippen molar-refractivity contribution in [3.8, 4) is 0 Å². The molecule has 8 heteroatoms. The van der Waals surface area contributed by atoms with Gasteiger partial charge in [-0.15, -0.1) is 0 Å². The molecule has 0 aliphatic carbocycles. The monoisotopic (exact) mass is 313 g/mol. The van der Waals surface area contributed by atoms with Gasteiger partial charge in [0, 0.05) is 19.9 Å². The lowest BCUT2D eigenvalue weighted by Gasteiger charge is -2.22. The Bertz CT molecular complexity index is 438. The maximum Gasteiger partial charge on any atom is 0.328 e. The average molecular weight is 313 g/mol. The molecule has 8 nitrogen and oxygen atoms in total. The van der Waals surface area contributed by atoms with Crippen LogP contribution in [0.15, 0.2) is 0 Å². The van der Waals surface area contributed by atoms with E-state index < -0.39 is 24.0 Å². The average Bonchev–Trinajstić information content (AvgIpc) is 2.47. The molecule has 0 aromatic rings. The van der Waals surface area contributed by atoms with Gasteiger partial charge in [-0.05, 0) is 25.7 Å². The van der Waals surface area contributed by atoms with Gasteiger partial charge in [0.2, 0.25) is 17.7 Å². The molecule has 1 aliphatic rings. The Kier molecular flexibility index (Phi) is 7.34. The number of carbonyl (C=O) groups is 4. The van der Waals surface area contributed by atoms with Crippen LogP contribution in [0.5, 0.6) is 0 Å². The second kappa shape index (κ2) is 9.01. The topological polar surface area (TPSA) is 114 Å². The maximum atomic E-state index is 12.2. The Balaban J connectivity index is 2.82. The predicted molar refractivity (Wildman–Crippen MR) is 77.6 cm³/mol. The van der Waals surface area contributed by atoms with Gasteiger partial charge in [-0.3, -0.25) is 14.4 Å². The van der Waals surface area contributed by atoms with Crippen molar-refractivity contribution in [3.05, 3.63) is 0 Å². The third-order valence-corrected chi connectivity index (χ3v) is 3.40. The van der Waals surface area contributed by atoms with E-state index >= 15 is 0 Å². The Labute approximate surface area is 129 Å². The molecule has 0 radical (unpaired) electrons. The van der Waals surface area contributed by atoms with E-state index in [-0.39, 0.29) is 24.7 Å². The van der Waals surface area contributed by atoms with Gasteiger partial charge in [-0.2, -0.15) is 0 Å². The summed E-state index contributed by atoms with van der Waals surface area (Å²) < 4.78 is 4.69. The first-order valence-corrected chi connectivity index (χ1v) is 7.36. The lowest BCUT2D eigenvalue weighted by molar-refractivity contribution is -0.145. The van der Waals surface area contributed by atoms with E-state index in [9.17, 15) is 19.2 Å². The number of hydrogen-bond acceptors (Lipinski definition) is 5. The maximum absolute atomic E-state index is 12.2. The van der Waals surface area contributed by atoms with Crippen molar-refractivity contribution in [2.45, 2.75) is 51.1 Å². The van der Waals surface area contributed by atoms with Crippen LogP contribution >= 0.6 is 0 Å². The largest absolute Gasteiger partial charge is 0.467 e. The van der Waals surface area contributed by atoms with E-state index in [1.165, 1.54) is 14.0 Å². The van der Waals surface area contributed by atoms with E-state index in [1.807, 2.05) is 0 Å². The fourth-order valence-electron chi connectivity index (χ4n) is 2.24. The molecule has 3 amide bonds. The van der Waals surface area contributed by atoms with E-state index in [2.05, 4.69) is 20.7 Å². The van der Waals surface area contributed by atoms with Gasteiger partial charge in [0.1, 0.15) is 12.1 Å². The minimum Gasteiger partial charge on any atom is -0.467 e. The highest BCUT2D eigenvalue weighted by Gasteiger charge is 2.27. The van der Waals surface area contributed by atoms with E-state index in [0.717, 1.165) is 0 Å². The van der Waals surface area contributed by atoms with Crippen molar-refractivity contribution in [2.75, 3.05) is 13.7 Å². The molecular weight excluding hydrogens is 290 g/mol. The standard InChI is InChI=1S/C14H23N3O5/c1-9(18)16-10-6-7-12(19)15-8-4-3-5-11(14(21)22-2)17-13(10)20/h10-11H,3-8H2,1-2H3,(H,15,19)(H,16,18)(H,17,20)/t10-,11-/m0/s1. The Hall–Kier alpha value is -2.12. The number of rotatable bonds is 2. The summed E-state index contributed by atoms with van der Waals surface area (Å²) in [7, 11) is 1.26. The van der Waals surface area contributed by atoms with Gasteiger partial charge in [0.25, 0.3) is 0 Å². The zero-order valence-corrected chi connectivity index (χ0v) is 12.9. The van der Waals surface area contributed by atoms with E-state index in [4.69, 9.17) is 0 Å². The molecule has 3 N–H and O–H groups in total. The molecule has 0 bridgehead atoms. The summed E-state index contributed by atoms with van der Waals surface area (Å²) in [6.07, 6.45) is 2.09. The first-order chi connectivity index (χ1) is 10.4. The SMILES string of the molecule is COC(=O)[C@@H]1CCCCNC(=O)CC[C@H](NC(C)=O)C(=O)N1. The number of hydrogen-bond donors (Lipinski definition) is 3. The van der Waals surface area contributed by atoms with Crippen molar-refractivity contribution >= 4 is 23.7 Å². The zero-order chi connectivity index (χ0) is 16.5. The molecule has 124 valence electrons. The Morgan fingerprint density at radius 1 is 1.23 bits per heavy atom. The molecule has 1 saturated heterocycles. The Morgan fingerprint density at radius 2 is 1.95 bits per heavy atom. The summed E-state index contributed by atoms with van der Waals surface area (Å²) in [6, 6.07) is -1.60. The summed E-state index contributed by atoms with van der Waals surface area (Å²) in [5, 5.41) is 7.84. The van der Waals surface area contributed by atoms with Crippen LogP contribution in [0, 0.1) is 0 Å². The first-order valence-electron chi connectivity index (χ1n) is 7.36. The normalized spacial score (nSPS) is 24.1. The van der Waals surface area contributed by atoms with Crippen LogP contribution in [0.25, 0.3) is 0 Å². The molecule has 1 fully saturated rings. The molecule has 22 heavy (non-hydrogen) atoms. The summed E-state index contributed by atoms with van der Waals surface area (Å²) >= 11 is 0. The smallest absolute Gasteiger partial charge is 0.328 e. The van der Waals surface area contributed by atoms with Crippen molar-refractivity contribution in [3.63, 3.8) is 0 Å². The van der Waals surface area contributed by atoms with Gasteiger partial charge < -0.3 is 20.7 Å². The second-order valence-corrected chi connectivity index (χ2v) is 5.22. The quantitative estimate of drug-likeness (QED) is 0.579. The molecule has 0 aromatic heterocycles. The number of esters is 1. The summed E-state index contributed by atoms with van der Waals surface area (Å²) in [5.74, 6) is -1.54. The summed E-state index contributed by atoms with van der Waals surface area (Å²) in [6.45, 7) is 1.81. The third-order valence-electron chi connectivity index (χ3n) is 3.40. The van der Waals surface area contributed by atoms with Crippen molar-refractivity contribution in [2.24, 2.45) is 0 Å². The number of methoxy groups -OCH3 is 1. The van der Waals surface area contributed by atoms with Gasteiger partial charge >= 0.3 is 5.97 Å². The fourth-order valence-corrected chi connectivity index (χ4v) is 2.24. The molecule has 0 spiro atoms. The van der Waals surface area contributed by atoms with Gasteiger partial charge in [0.15, 0.2) is 0 Å². The predicted octanol–water partition coefficient (Wildman–Crippen LogP) is -0.771. The molecule has 0 saturated carbocycles. The summed E-state index contributed by atoms with van der Waals surface area (Å²) in [4.78, 5) is 46.8. The molecule has 1 heterocycles. The van der Waals surface area contributed by atoms with Crippen LogP contribution in [0.1, 0.15) is 39.0 Å². The summed E-state index contributed by atoms with van der Waals surface area (Å²) in [5.41, 5.74) is 0. The third kappa shape index (κ3) is 6.11. The Morgan fingerprint density at radius 3 is 2.59 bits per heavy atom. The van der Waals surface area contributed by atoms with E-state index in [0.29, 0.717) is 25.8 Å². The fraction of sp³-hybridized carbons (Fsp3) is 0.714. The van der Waals surface area contributed by atoms with Gasteiger partial charge in [-0.1, -0.05) is 0 Å². The van der Waals surface area contributed by atoms with E-state index in [1.54, 1.807) is 0 Å². The minimum absolute atomic E-state index is 0.126. The highest BCUT2D eigenvalue weighted by atomic mass is 16.5. The van der Waals surface area contributed by atoms with Crippen LogP contribution in [0.2, 0.25) is 0 Å². The van der Waals surface area contributed by atoms with Crippen LogP contribution in [-0.4, -0.2) is 49.4 Å². The number of carbonyl (C=O) groups excluding carboxylic acids is 4. The van der Waals surface area contributed by atoms with Crippen LogP contribution in [0.3, 0.4) is 0 Å². The highest BCUT2D eigenvalue weighted by Crippen LogP contribution is 2.06. The molecule has 1 aliphatic heterocycles. The first kappa shape index (κ1) is 17.9. The van der Waals surface area contributed by atoms with Gasteiger partial charge in [-0.25, -0.2) is 4.79 Å². The van der Waals surface area contributed by atoms with Crippen molar-refractivity contribution in [1.29, 1.82) is 0 Å². The van der Waals surface area contributed by atoms with Crippen LogP contribution in [0.4, 0.5) is 0 Å².